The Morgan fingerprint density at radius 3 is 2.43 bits per heavy atom. The van der Waals surface area contributed by atoms with Crippen LogP contribution in [-0.4, -0.2) is 32.9 Å². The van der Waals surface area contributed by atoms with Gasteiger partial charge in [-0.25, -0.2) is 0 Å². The molecule has 0 amide bonds. The molecule has 1 aliphatic rings. The molecule has 4 rings (SSSR count). The lowest BCUT2D eigenvalue weighted by Crippen LogP contribution is -2.28. The molecule has 0 radical (unpaired) electrons. The van der Waals surface area contributed by atoms with Crippen molar-refractivity contribution in [1.82, 2.24) is 15.0 Å². The number of unbranched alkanes of at least 4 members (excludes halogenated alkanes) is 1. The highest BCUT2D eigenvalue weighted by Gasteiger charge is 2.21. The summed E-state index contributed by atoms with van der Waals surface area (Å²) in [6, 6.07) is 16.5. The minimum Gasteiger partial charge on any atom is -0.378 e. The average Bonchev–Trinajstić information content (AvgIpc) is 3.37. The number of likely N-dealkylation sites (tertiary alicyclic amines) is 1. The maximum Gasteiger partial charge on any atom is 0.258 e. The Labute approximate surface area is 166 Å². The normalized spacial score (nSPS) is 17.3. The van der Waals surface area contributed by atoms with E-state index in [0.29, 0.717) is 11.7 Å². The van der Waals surface area contributed by atoms with Gasteiger partial charge in [-0.1, -0.05) is 54.9 Å². The van der Waals surface area contributed by atoms with Crippen LogP contribution in [0.1, 0.15) is 43.7 Å². The smallest absolute Gasteiger partial charge is 0.258 e. The Morgan fingerprint density at radius 1 is 1.04 bits per heavy atom. The Kier molecular flexibility index (Phi) is 5.84. The summed E-state index contributed by atoms with van der Waals surface area (Å²) in [7, 11) is 0. The molecule has 1 saturated heterocycles. The minimum atomic E-state index is -0.312. The largest absolute Gasteiger partial charge is 0.378 e. The molecule has 1 fully saturated rings. The summed E-state index contributed by atoms with van der Waals surface area (Å²) in [6.07, 6.45) is 5.12. The molecule has 2 heterocycles. The predicted octanol–water partition coefficient (Wildman–Crippen LogP) is 4.66. The zero-order valence-electron chi connectivity index (χ0n) is 16.3. The molecule has 5 heteroatoms. The summed E-state index contributed by atoms with van der Waals surface area (Å²) in [5.41, 5.74) is 4.39. The maximum atomic E-state index is 9.95. The highest BCUT2D eigenvalue weighted by Crippen LogP contribution is 2.24. The molecule has 0 saturated carbocycles. The Balaban J connectivity index is 1.43. The molecule has 0 spiro atoms. The van der Waals surface area contributed by atoms with E-state index in [4.69, 9.17) is 4.52 Å². The van der Waals surface area contributed by atoms with Crippen LogP contribution >= 0.6 is 0 Å². The molecule has 1 atom stereocenters. The fourth-order valence-electron chi connectivity index (χ4n) is 3.64. The molecule has 1 aromatic heterocycles. The van der Waals surface area contributed by atoms with E-state index < -0.39 is 0 Å². The number of hydrogen-bond donors (Lipinski definition) is 1. The van der Waals surface area contributed by atoms with Gasteiger partial charge in [-0.2, -0.15) is 4.98 Å². The fourth-order valence-corrected chi connectivity index (χ4v) is 3.64. The summed E-state index contributed by atoms with van der Waals surface area (Å²) in [6.45, 7) is 3.92. The van der Waals surface area contributed by atoms with Crippen LogP contribution in [0.15, 0.2) is 53.1 Å². The number of hydrogen-bond acceptors (Lipinski definition) is 5. The van der Waals surface area contributed by atoms with Gasteiger partial charge in [-0.05, 0) is 48.9 Å². The van der Waals surface area contributed by atoms with Crippen molar-refractivity contribution in [2.24, 2.45) is 0 Å². The van der Waals surface area contributed by atoms with Crippen LogP contribution in [0, 0.1) is 0 Å². The van der Waals surface area contributed by atoms with Gasteiger partial charge in [0, 0.05) is 24.2 Å². The Morgan fingerprint density at radius 2 is 1.75 bits per heavy atom. The van der Waals surface area contributed by atoms with Crippen molar-refractivity contribution in [3.05, 3.63) is 59.7 Å². The van der Waals surface area contributed by atoms with E-state index in [1.165, 1.54) is 24.0 Å². The van der Waals surface area contributed by atoms with Crippen LogP contribution in [0.4, 0.5) is 0 Å². The standard InChI is InChI=1S/C23H27N3O2/c1-2-3-5-17-7-13-20(14-8-17)23-24-22(25-28-23)19-11-9-18(10-12-19)16-26-15-4-6-21(26)27/h7-14,21,27H,2-6,15-16H2,1H3/t21-/m0/s1. The van der Waals surface area contributed by atoms with Gasteiger partial charge in [-0.3, -0.25) is 4.90 Å². The highest BCUT2D eigenvalue weighted by atomic mass is 16.5. The van der Waals surface area contributed by atoms with Gasteiger partial charge in [0.25, 0.3) is 5.89 Å². The molecule has 28 heavy (non-hydrogen) atoms. The molecule has 146 valence electrons. The number of nitrogens with zero attached hydrogens (tertiary/aromatic N) is 3. The molecule has 3 aromatic rings. The zero-order chi connectivity index (χ0) is 19.3. The lowest BCUT2D eigenvalue weighted by Gasteiger charge is -2.19. The van der Waals surface area contributed by atoms with Gasteiger partial charge in [-0.15, -0.1) is 0 Å². The second-order valence-corrected chi connectivity index (χ2v) is 7.51. The topological polar surface area (TPSA) is 62.4 Å². The highest BCUT2D eigenvalue weighted by molar-refractivity contribution is 5.60. The molecule has 1 aliphatic heterocycles. The first-order chi connectivity index (χ1) is 13.7. The van der Waals surface area contributed by atoms with Crippen molar-refractivity contribution >= 4 is 0 Å². The van der Waals surface area contributed by atoms with Gasteiger partial charge in [0.15, 0.2) is 0 Å². The van der Waals surface area contributed by atoms with E-state index in [0.717, 1.165) is 43.5 Å². The number of rotatable bonds is 7. The van der Waals surface area contributed by atoms with Crippen molar-refractivity contribution in [3.63, 3.8) is 0 Å². The number of aryl methyl sites for hydroxylation is 1. The molecule has 5 nitrogen and oxygen atoms in total. The first-order valence-electron chi connectivity index (χ1n) is 10.2. The van der Waals surface area contributed by atoms with E-state index >= 15 is 0 Å². The Bertz CT molecular complexity index is 887. The summed E-state index contributed by atoms with van der Waals surface area (Å²) in [5, 5.41) is 14.1. The SMILES string of the molecule is CCCCc1ccc(-c2nc(-c3ccc(CN4CCC[C@@H]4O)cc3)no2)cc1. The van der Waals surface area contributed by atoms with E-state index in [1.807, 2.05) is 24.3 Å². The lowest BCUT2D eigenvalue weighted by molar-refractivity contribution is 0.0328. The van der Waals surface area contributed by atoms with E-state index in [-0.39, 0.29) is 6.23 Å². The lowest BCUT2D eigenvalue weighted by atomic mass is 10.1. The van der Waals surface area contributed by atoms with E-state index in [2.05, 4.69) is 46.2 Å². The van der Waals surface area contributed by atoms with Crippen LogP contribution in [0.5, 0.6) is 0 Å². The second-order valence-electron chi connectivity index (χ2n) is 7.51. The summed E-state index contributed by atoms with van der Waals surface area (Å²) >= 11 is 0. The quantitative estimate of drug-likeness (QED) is 0.649. The molecule has 1 N–H and O–H groups in total. The van der Waals surface area contributed by atoms with Gasteiger partial charge in [0.2, 0.25) is 5.82 Å². The number of aliphatic hydroxyl groups excluding tert-OH is 1. The van der Waals surface area contributed by atoms with Crippen LogP contribution in [0.2, 0.25) is 0 Å². The van der Waals surface area contributed by atoms with Crippen LogP contribution in [0.25, 0.3) is 22.8 Å². The summed E-state index contributed by atoms with van der Waals surface area (Å²) in [4.78, 5) is 6.66. The first-order valence-corrected chi connectivity index (χ1v) is 10.2. The van der Waals surface area contributed by atoms with Gasteiger partial charge in [0.05, 0.1) is 0 Å². The molecule has 0 bridgehead atoms. The minimum absolute atomic E-state index is 0.312. The third kappa shape index (κ3) is 4.32. The number of aromatic nitrogens is 2. The van der Waals surface area contributed by atoms with Crippen molar-refractivity contribution in [1.29, 1.82) is 0 Å². The van der Waals surface area contributed by atoms with E-state index in [1.54, 1.807) is 0 Å². The zero-order valence-corrected chi connectivity index (χ0v) is 16.3. The monoisotopic (exact) mass is 377 g/mol. The molecular formula is C23H27N3O2. The van der Waals surface area contributed by atoms with Crippen LogP contribution < -0.4 is 0 Å². The summed E-state index contributed by atoms with van der Waals surface area (Å²) in [5.74, 6) is 1.14. The third-order valence-corrected chi connectivity index (χ3v) is 5.37. The van der Waals surface area contributed by atoms with Crippen molar-refractivity contribution in [2.45, 2.75) is 51.8 Å². The van der Waals surface area contributed by atoms with Gasteiger partial charge < -0.3 is 9.63 Å². The van der Waals surface area contributed by atoms with Crippen LogP contribution in [0.3, 0.4) is 0 Å². The molecular weight excluding hydrogens is 350 g/mol. The van der Waals surface area contributed by atoms with Gasteiger partial charge in [0.1, 0.15) is 6.23 Å². The van der Waals surface area contributed by atoms with Crippen molar-refractivity contribution < 1.29 is 9.63 Å². The van der Waals surface area contributed by atoms with Crippen molar-refractivity contribution in [3.8, 4) is 22.8 Å². The molecule has 0 aliphatic carbocycles. The Hall–Kier alpha value is -2.50. The van der Waals surface area contributed by atoms with E-state index in [9.17, 15) is 5.11 Å². The van der Waals surface area contributed by atoms with Gasteiger partial charge >= 0.3 is 0 Å². The number of aliphatic hydroxyl groups is 1. The maximum absolute atomic E-state index is 9.95. The fraction of sp³-hybridized carbons (Fsp3) is 0.391. The summed E-state index contributed by atoms with van der Waals surface area (Å²) < 4.78 is 5.48. The molecule has 0 unspecified atom stereocenters. The van der Waals surface area contributed by atoms with Crippen LogP contribution in [-0.2, 0) is 13.0 Å². The predicted molar refractivity (Wildman–Crippen MR) is 109 cm³/mol. The third-order valence-electron chi connectivity index (χ3n) is 5.37. The second kappa shape index (κ2) is 8.67. The average molecular weight is 377 g/mol. The molecule has 2 aromatic carbocycles. The number of benzene rings is 2. The first kappa shape index (κ1) is 18.8. The van der Waals surface area contributed by atoms with Crippen molar-refractivity contribution in [2.75, 3.05) is 6.54 Å².